The fraction of sp³-hybridized carbons (Fsp3) is 0.250. The van der Waals surface area contributed by atoms with Gasteiger partial charge in [0.15, 0.2) is 11.5 Å². The van der Waals surface area contributed by atoms with Crippen LogP contribution in [0.15, 0.2) is 6.07 Å². The van der Waals surface area contributed by atoms with E-state index in [9.17, 15) is 18.0 Å². The van der Waals surface area contributed by atoms with Gasteiger partial charge in [0.25, 0.3) is 6.43 Å². The summed E-state index contributed by atoms with van der Waals surface area (Å²) in [6, 6.07) is 0.443. The van der Waals surface area contributed by atoms with Gasteiger partial charge in [-0.25, -0.2) is 22.9 Å². The van der Waals surface area contributed by atoms with Crippen molar-refractivity contribution in [2.75, 3.05) is 0 Å². The molecule has 0 spiro atoms. The number of rotatable bonds is 3. The summed E-state index contributed by atoms with van der Waals surface area (Å²) in [4.78, 5) is 13.7. The Morgan fingerprint density at radius 1 is 1.60 bits per heavy atom. The molecule has 1 heterocycles. The van der Waals surface area contributed by atoms with Crippen LogP contribution in [0.4, 0.5) is 13.2 Å². The van der Waals surface area contributed by atoms with E-state index in [-0.39, 0.29) is 5.69 Å². The maximum absolute atomic E-state index is 13.0. The summed E-state index contributed by atoms with van der Waals surface area (Å²) in [7, 11) is 0. The average Bonchev–Trinajstić information content (AvgIpc) is 2.16. The van der Waals surface area contributed by atoms with E-state index >= 15 is 0 Å². The highest BCUT2D eigenvalue weighted by atomic mass is 35.5. The predicted octanol–water partition coefficient (Wildman–Crippen LogP) is 2.60. The second-order valence-electron chi connectivity index (χ2n) is 2.59. The van der Waals surface area contributed by atoms with Crippen molar-refractivity contribution in [2.24, 2.45) is 0 Å². The lowest BCUT2D eigenvalue weighted by atomic mass is 10.2. The third-order valence-electron chi connectivity index (χ3n) is 1.65. The maximum Gasteiger partial charge on any atom is 0.357 e. The van der Waals surface area contributed by atoms with Crippen molar-refractivity contribution in [3.63, 3.8) is 0 Å². The molecule has 0 unspecified atom stereocenters. The lowest BCUT2D eigenvalue weighted by Crippen LogP contribution is -2.09. The number of hydrogen-bond donors (Lipinski definition) is 1. The Morgan fingerprint density at radius 2 is 2.20 bits per heavy atom. The van der Waals surface area contributed by atoms with Crippen LogP contribution in [0.5, 0.6) is 0 Å². The average molecular weight is 240 g/mol. The van der Waals surface area contributed by atoms with Crippen molar-refractivity contribution in [1.29, 1.82) is 0 Å². The summed E-state index contributed by atoms with van der Waals surface area (Å²) < 4.78 is 37.6. The number of carboxylic acids is 1. The third-order valence-corrected chi connectivity index (χ3v) is 1.91. The fourth-order valence-electron chi connectivity index (χ4n) is 0.987. The fourth-order valence-corrected chi connectivity index (χ4v) is 1.20. The first-order chi connectivity index (χ1) is 6.97. The van der Waals surface area contributed by atoms with Crippen molar-refractivity contribution in [1.82, 2.24) is 4.98 Å². The Morgan fingerprint density at radius 3 is 2.60 bits per heavy atom. The Balaban J connectivity index is 3.35. The first-order valence-corrected chi connectivity index (χ1v) is 4.27. The monoisotopic (exact) mass is 239 g/mol. The van der Waals surface area contributed by atoms with Crippen LogP contribution in [-0.2, 0) is 5.88 Å². The molecule has 0 radical (unpaired) electrons. The molecule has 0 aliphatic heterocycles. The molecule has 0 aliphatic rings. The third kappa shape index (κ3) is 2.38. The molecule has 0 saturated carbocycles. The zero-order valence-electron chi connectivity index (χ0n) is 7.18. The number of halogens is 4. The van der Waals surface area contributed by atoms with E-state index in [2.05, 4.69) is 4.98 Å². The number of nitrogens with zero attached hydrogens (tertiary/aromatic N) is 1. The number of hydrogen-bond acceptors (Lipinski definition) is 2. The highest BCUT2D eigenvalue weighted by Gasteiger charge is 2.21. The minimum atomic E-state index is -2.94. The van der Waals surface area contributed by atoms with Gasteiger partial charge in [-0.3, -0.25) is 0 Å². The normalized spacial score (nSPS) is 10.7. The molecule has 1 rings (SSSR count). The van der Waals surface area contributed by atoms with Crippen LogP contribution < -0.4 is 0 Å². The van der Waals surface area contributed by atoms with Crippen molar-refractivity contribution >= 4 is 17.6 Å². The van der Waals surface area contributed by atoms with E-state index in [0.29, 0.717) is 6.07 Å². The van der Waals surface area contributed by atoms with Gasteiger partial charge in [-0.05, 0) is 6.07 Å². The van der Waals surface area contributed by atoms with Gasteiger partial charge in [-0.1, -0.05) is 0 Å². The summed E-state index contributed by atoms with van der Waals surface area (Å²) in [5, 5.41) is 8.48. The molecule has 0 aromatic carbocycles. The van der Waals surface area contributed by atoms with E-state index in [1.54, 1.807) is 0 Å². The highest BCUT2D eigenvalue weighted by molar-refractivity contribution is 6.17. The van der Waals surface area contributed by atoms with E-state index in [4.69, 9.17) is 16.7 Å². The number of aromatic nitrogens is 1. The molecule has 7 heteroatoms. The largest absolute Gasteiger partial charge is 0.476 e. The summed E-state index contributed by atoms with van der Waals surface area (Å²) in [6.45, 7) is 0. The Hall–Kier alpha value is -1.30. The van der Waals surface area contributed by atoms with Gasteiger partial charge in [0.1, 0.15) is 0 Å². The van der Waals surface area contributed by atoms with Crippen molar-refractivity contribution in [3.8, 4) is 0 Å². The van der Waals surface area contributed by atoms with Crippen LogP contribution >= 0.6 is 11.6 Å². The SMILES string of the molecule is O=C(O)c1nc(CCl)c(C(F)F)cc1F. The number of carbonyl (C=O) groups is 1. The smallest absolute Gasteiger partial charge is 0.357 e. The molecule has 15 heavy (non-hydrogen) atoms. The second-order valence-corrected chi connectivity index (χ2v) is 2.86. The molecule has 0 amide bonds. The first kappa shape index (κ1) is 11.8. The quantitative estimate of drug-likeness (QED) is 0.825. The predicted molar refractivity (Wildman–Crippen MR) is 45.7 cm³/mol. The Labute approximate surface area is 87.5 Å². The molecule has 3 nitrogen and oxygen atoms in total. The maximum atomic E-state index is 13.0. The van der Waals surface area contributed by atoms with Crippen LogP contribution in [0, 0.1) is 5.82 Å². The lowest BCUT2D eigenvalue weighted by Gasteiger charge is -2.07. The van der Waals surface area contributed by atoms with E-state index in [0.717, 1.165) is 0 Å². The lowest BCUT2D eigenvalue weighted by molar-refractivity contribution is 0.0683. The van der Waals surface area contributed by atoms with E-state index in [1.807, 2.05) is 0 Å². The van der Waals surface area contributed by atoms with Crippen LogP contribution in [0.3, 0.4) is 0 Å². The summed E-state index contributed by atoms with van der Waals surface area (Å²) >= 11 is 5.29. The van der Waals surface area contributed by atoms with Gasteiger partial charge in [-0.2, -0.15) is 0 Å². The standard InChI is InChI=1S/C8H5ClF3NO2/c9-2-5-3(7(11)12)1-4(10)6(13-5)8(14)15/h1,7H,2H2,(H,14,15). The van der Waals surface area contributed by atoms with Crippen LogP contribution in [-0.4, -0.2) is 16.1 Å². The molecule has 82 valence electrons. The molecule has 1 N–H and O–H groups in total. The molecule has 0 bridgehead atoms. The second kappa shape index (κ2) is 4.48. The topological polar surface area (TPSA) is 50.2 Å². The molecule has 0 atom stereocenters. The molecule has 0 saturated heterocycles. The van der Waals surface area contributed by atoms with Crippen molar-refractivity contribution < 1.29 is 23.1 Å². The Bertz CT molecular complexity index is 398. The number of alkyl halides is 3. The van der Waals surface area contributed by atoms with E-state index < -0.39 is 35.3 Å². The highest BCUT2D eigenvalue weighted by Crippen LogP contribution is 2.24. The molecule has 1 aromatic heterocycles. The number of aromatic carboxylic acids is 1. The number of pyridine rings is 1. The zero-order chi connectivity index (χ0) is 11.6. The van der Waals surface area contributed by atoms with Crippen molar-refractivity contribution in [3.05, 3.63) is 28.8 Å². The minimum Gasteiger partial charge on any atom is -0.476 e. The van der Waals surface area contributed by atoms with Gasteiger partial charge in [0.05, 0.1) is 11.6 Å². The summed E-state index contributed by atoms with van der Waals surface area (Å²) in [5.41, 5.74) is -1.92. The van der Waals surface area contributed by atoms with Crippen molar-refractivity contribution in [2.45, 2.75) is 12.3 Å². The van der Waals surface area contributed by atoms with Gasteiger partial charge in [-0.15, -0.1) is 11.6 Å². The summed E-state index contributed by atoms with van der Waals surface area (Å²) in [6.07, 6.45) is -2.94. The minimum absolute atomic E-state index is 0.328. The van der Waals surface area contributed by atoms with Gasteiger partial charge < -0.3 is 5.11 Å². The number of carboxylic acid groups (broad SMARTS) is 1. The molecule has 0 aliphatic carbocycles. The molecular weight excluding hydrogens is 235 g/mol. The Kier molecular flexibility index (Phi) is 3.52. The first-order valence-electron chi connectivity index (χ1n) is 3.74. The zero-order valence-corrected chi connectivity index (χ0v) is 7.93. The van der Waals surface area contributed by atoms with E-state index in [1.165, 1.54) is 0 Å². The molecular formula is C8H5ClF3NO2. The van der Waals surface area contributed by atoms with Crippen LogP contribution in [0.1, 0.15) is 28.2 Å². The van der Waals surface area contributed by atoms with Gasteiger partial charge in [0.2, 0.25) is 0 Å². The van der Waals surface area contributed by atoms with Gasteiger partial charge >= 0.3 is 5.97 Å². The molecule has 1 aromatic rings. The molecule has 0 fully saturated rings. The summed E-state index contributed by atoms with van der Waals surface area (Å²) in [5.74, 6) is -3.33. The van der Waals surface area contributed by atoms with Crippen LogP contribution in [0.25, 0.3) is 0 Å². The van der Waals surface area contributed by atoms with Crippen LogP contribution in [0.2, 0.25) is 0 Å². The van der Waals surface area contributed by atoms with Gasteiger partial charge in [0, 0.05) is 5.56 Å².